The maximum Gasteiger partial charge on any atom is 0.435 e. The minimum Gasteiger partial charge on any atom is -0.461 e. The van der Waals surface area contributed by atoms with Crippen LogP contribution in [-0.2, 0) is 29.3 Å². The van der Waals surface area contributed by atoms with Gasteiger partial charge in [-0.05, 0) is 18.2 Å². The van der Waals surface area contributed by atoms with E-state index in [0.29, 0.717) is 37.3 Å². The zero-order valence-electron chi connectivity index (χ0n) is 25.5. The smallest absolute Gasteiger partial charge is 0.435 e. The van der Waals surface area contributed by atoms with Gasteiger partial charge in [0.2, 0.25) is 0 Å². The third-order valence-corrected chi connectivity index (χ3v) is 9.08. The van der Waals surface area contributed by atoms with Gasteiger partial charge in [0.05, 0.1) is 34.1 Å². The topological polar surface area (TPSA) is 165 Å². The molecule has 5 atom stereocenters. The number of piperidine rings is 1. The summed E-state index contributed by atoms with van der Waals surface area (Å²) in [6, 6.07) is 3.36. The summed E-state index contributed by atoms with van der Waals surface area (Å²) in [5, 5.41) is 14.7. The normalized spacial score (nSPS) is 22.9. The molecular weight excluding hydrogens is 685 g/mol. The second-order valence-electron chi connectivity index (χ2n) is 11.9. The number of ether oxygens (including phenoxy) is 1. The maximum atomic E-state index is 13.6. The number of carbonyl (C=O) groups excluding carboxylic acids is 4. The second-order valence-corrected chi connectivity index (χ2v) is 12.3. The van der Waals surface area contributed by atoms with Gasteiger partial charge in [0.25, 0.3) is 24.7 Å². The number of urea groups is 1. The van der Waals surface area contributed by atoms with Crippen LogP contribution in [0.1, 0.15) is 26.7 Å². The molecule has 2 saturated heterocycles. The van der Waals surface area contributed by atoms with E-state index < -0.39 is 48.3 Å². The number of hydrogen-bond acceptors (Lipinski definition) is 8. The first kappa shape index (κ1) is 34.1. The second kappa shape index (κ2) is 13.3. The van der Waals surface area contributed by atoms with Crippen LogP contribution in [0.3, 0.4) is 0 Å². The van der Waals surface area contributed by atoms with Gasteiger partial charge in [-0.3, -0.25) is 19.1 Å². The zero-order valence-corrected chi connectivity index (χ0v) is 26.3. The number of rotatable bonds is 10. The van der Waals surface area contributed by atoms with Crippen molar-refractivity contribution in [3.05, 3.63) is 52.7 Å². The van der Waals surface area contributed by atoms with E-state index in [-0.39, 0.29) is 57.7 Å². The average Bonchev–Trinajstić information content (AvgIpc) is 3.59. The van der Waals surface area contributed by atoms with Crippen LogP contribution in [0.5, 0.6) is 0 Å². The third kappa shape index (κ3) is 7.03. The van der Waals surface area contributed by atoms with E-state index >= 15 is 0 Å². The van der Waals surface area contributed by atoms with E-state index in [1.165, 1.54) is 25.2 Å². The van der Waals surface area contributed by atoms with Crippen LogP contribution in [-0.4, -0.2) is 99.3 Å². The summed E-state index contributed by atoms with van der Waals surface area (Å²) < 4.78 is 73.0. The average molecular weight is 714 g/mol. The molecule has 20 heteroatoms. The first-order chi connectivity index (χ1) is 23.2. The molecule has 262 valence electrons. The Bertz CT molecular complexity index is 1770. The Morgan fingerprint density at radius 1 is 1.14 bits per heavy atom. The number of halogens is 6. The Morgan fingerprint density at radius 3 is 2.53 bits per heavy atom. The summed E-state index contributed by atoms with van der Waals surface area (Å²) in [5.74, 6) is -1.44. The standard InChI is InChI=1S/C29H29ClF5N9O5/c1-42-20(17-10-44(11-22(31)32)41-24(17)29(33,34)35)6-37-25(42)27(47)38-13-2-3-14(18(30)4-13)26(46)40-23-15-8-43(9-16(15)23)28(48)39-19-5-36-7-21(19)49-12-45/h2-4,6,10,12,15-16,19,21-23,36H,5,7-9,11H2,1H3,(H,38,47)(H,39,48)(H,40,46)/t15-,16+,19-,21-,23?/m1/s1. The van der Waals surface area contributed by atoms with E-state index in [9.17, 15) is 41.1 Å². The predicted molar refractivity (Wildman–Crippen MR) is 161 cm³/mol. The third-order valence-electron chi connectivity index (χ3n) is 8.77. The molecule has 49 heavy (non-hydrogen) atoms. The Labute approximate surface area is 279 Å². The molecule has 14 nitrogen and oxygen atoms in total. The Morgan fingerprint density at radius 2 is 1.88 bits per heavy atom. The zero-order chi connectivity index (χ0) is 35.2. The molecule has 0 radical (unpaired) electrons. The molecule has 4 amide bonds. The van der Waals surface area contributed by atoms with E-state index in [2.05, 4.69) is 31.3 Å². The fourth-order valence-corrected chi connectivity index (χ4v) is 6.55. The molecule has 0 bridgehead atoms. The first-order valence-corrected chi connectivity index (χ1v) is 15.3. The molecule has 1 aliphatic carbocycles. The molecule has 1 aromatic carbocycles. The lowest BCUT2D eigenvalue weighted by Gasteiger charge is -2.25. The fraction of sp³-hybridized carbons (Fsp3) is 0.448. The maximum absolute atomic E-state index is 13.6. The number of carbonyl (C=O) groups is 4. The van der Waals surface area contributed by atoms with Crippen LogP contribution in [0, 0.1) is 11.8 Å². The van der Waals surface area contributed by atoms with Gasteiger partial charge in [-0.25, -0.2) is 18.6 Å². The summed E-state index contributed by atoms with van der Waals surface area (Å²) in [5.41, 5.74) is -1.81. The number of fused-ring (bicyclic) bond motifs is 1. The molecule has 1 saturated carbocycles. The highest BCUT2D eigenvalue weighted by atomic mass is 35.5. The highest BCUT2D eigenvalue weighted by Crippen LogP contribution is 2.45. The molecule has 3 aliphatic rings. The molecule has 2 aliphatic heterocycles. The fourth-order valence-electron chi connectivity index (χ4n) is 6.29. The number of alkyl halides is 5. The van der Waals surface area contributed by atoms with Crippen molar-refractivity contribution in [2.75, 3.05) is 31.5 Å². The van der Waals surface area contributed by atoms with Gasteiger partial charge in [-0.15, -0.1) is 0 Å². The van der Waals surface area contributed by atoms with Crippen molar-refractivity contribution >= 4 is 41.6 Å². The van der Waals surface area contributed by atoms with Crippen LogP contribution in [0.2, 0.25) is 5.02 Å². The minimum atomic E-state index is -4.96. The number of aromatic nitrogens is 4. The van der Waals surface area contributed by atoms with Gasteiger partial charge in [0.1, 0.15) is 12.6 Å². The molecule has 3 aromatic rings. The summed E-state index contributed by atoms with van der Waals surface area (Å²) in [6.45, 7) is 1.09. The number of hydrogen-bond donors (Lipinski definition) is 4. The summed E-state index contributed by atoms with van der Waals surface area (Å²) in [4.78, 5) is 55.0. The lowest BCUT2D eigenvalue weighted by atomic mass is 10.2. The number of imidazole rings is 1. The molecular formula is C29H29ClF5N9O5. The number of likely N-dealkylation sites (tertiary alicyclic amines) is 1. The lowest BCUT2D eigenvalue weighted by Crippen LogP contribution is -2.50. The molecule has 3 fully saturated rings. The van der Waals surface area contributed by atoms with E-state index in [1.54, 1.807) is 4.90 Å². The van der Waals surface area contributed by atoms with Crippen molar-refractivity contribution in [1.29, 1.82) is 0 Å². The first-order valence-electron chi connectivity index (χ1n) is 15.0. The molecule has 1 unspecified atom stereocenters. The quantitative estimate of drug-likeness (QED) is 0.184. The molecule has 2 aromatic heterocycles. The van der Waals surface area contributed by atoms with E-state index in [0.717, 1.165) is 17.0 Å². The van der Waals surface area contributed by atoms with Crippen molar-refractivity contribution in [3.63, 3.8) is 0 Å². The Hall–Kier alpha value is -4.78. The highest BCUT2D eigenvalue weighted by Gasteiger charge is 2.57. The van der Waals surface area contributed by atoms with Crippen molar-refractivity contribution in [2.45, 2.75) is 37.3 Å². The van der Waals surface area contributed by atoms with Crippen LogP contribution >= 0.6 is 11.6 Å². The monoisotopic (exact) mass is 713 g/mol. The van der Waals surface area contributed by atoms with Crippen molar-refractivity contribution in [1.82, 2.24) is 40.2 Å². The van der Waals surface area contributed by atoms with E-state index in [1.807, 2.05) is 0 Å². The summed E-state index contributed by atoms with van der Waals surface area (Å²) >= 11 is 6.37. The highest BCUT2D eigenvalue weighted by molar-refractivity contribution is 6.34. The molecule has 4 N–H and O–H groups in total. The van der Waals surface area contributed by atoms with Crippen LogP contribution in [0.15, 0.2) is 30.6 Å². The van der Waals surface area contributed by atoms with Gasteiger partial charge in [-0.1, -0.05) is 11.6 Å². The number of benzene rings is 1. The Balaban J connectivity index is 1.04. The number of nitrogens with one attached hydrogen (secondary N) is 4. The lowest BCUT2D eigenvalue weighted by molar-refractivity contribution is -0.141. The van der Waals surface area contributed by atoms with Crippen molar-refractivity contribution in [3.8, 4) is 11.3 Å². The van der Waals surface area contributed by atoms with Gasteiger partial charge in [0, 0.05) is 63.0 Å². The molecule has 0 spiro atoms. The predicted octanol–water partition coefficient (Wildman–Crippen LogP) is 2.36. The van der Waals surface area contributed by atoms with Gasteiger partial charge in [0.15, 0.2) is 11.5 Å². The summed E-state index contributed by atoms with van der Waals surface area (Å²) in [6.07, 6.45) is -6.53. The minimum absolute atomic E-state index is 0.0150. The molecule has 4 heterocycles. The summed E-state index contributed by atoms with van der Waals surface area (Å²) in [7, 11) is 1.29. The number of nitrogens with zero attached hydrogens (tertiary/aromatic N) is 5. The van der Waals surface area contributed by atoms with Gasteiger partial charge >= 0.3 is 12.2 Å². The van der Waals surface area contributed by atoms with Crippen molar-refractivity contribution in [2.24, 2.45) is 18.9 Å². The van der Waals surface area contributed by atoms with Gasteiger partial charge < -0.3 is 35.5 Å². The van der Waals surface area contributed by atoms with Crippen LogP contribution in [0.4, 0.5) is 32.4 Å². The SMILES string of the molecule is Cn1c(-c2cn(CC(F)F)nc2C(F)(F)F)cnc1C(=O)Nc1ccc(C(=O)NC2[C@H]3CN(C(=O)N[C@@H]4CNC[C@H]4OC=O)C[C@@H]23)c(Cl)c1. The van der Waals surface area contributed by atoms with Crippen LogP contribution in [0.25, 0.3) is 11.3 Å². The van der Waals surface area contributed by atoms with Gasteiger partial charge in [-0.2, -0.15) is 18.3 Å². The van der Waals surface area contributed by atoms with E-state index in [4.69, 9.17) is 16.3 Å². The Kier molecular flexibility index (Phi) is 9.23. The van der Waals surface area contributed by atoms with Crippen LogP contribution < -0.4 is 21.3 Å². The molecule has 6 rings (SSSR count). The van der Waals surface area contributed by atoms with Crippen molar-refractivity contribution < 1.29 is 45.9 Å². The number of amides is 4. The number of anilines is 1. The largest absolute Gasteiger partial charge is 0.461 e.